The highest BCUT2D eigenvalue weighted by molar-refractivity contribution is 14.1. The maximum atomic E-state index is 12.5. The minimum absolute atomic E-state index is 0.247. The second-order valence-corrected chi connectivity index (χ2v) is 5.71. The number of methoxy groups -OCH3 is 2. The minimum atomic E-state index is -0.608. The van der Waals surface area contributed by atoms with Crippen molar-refractivity contribution in [3.63, 3.8) is 0 Å². The molecule has 0 aliphatic carbocycles. The van der Waals surface area contributed by atoms with Gasteiger partial charge in [0.1, 0.15) is 0 Å². The van der Waals surface area contributed by atoms with Crippen LogP contribution >= 0.6 is 22.6 Å². The lowest BCUT2D eigenvalue weighted by molar-refractivity contribution is 0.100. The molecule has 120 valence electrons. The molecule has 0 unspecified atom stereocenters. The molecule has 0 saturated heterocycles. The number of benzene rings is 2. The van der Waals surface area contributed by atoms with Crippen molar-refractivity contribution in [2.24, 2.45) is 5.73 Å². The molecule has 0 bridgehead atoms. The third-order valence-corrected chi connectivity index (χ3v) is 4.05. The van der Waals surface area contributed by atoms with Crippen LogP contribution in [0.3, 0.4) is 0 Å². The maximum absolute atomic E-state index is 12.5. The number of primary amides is 1. The van der Waals surface area contributed by atoms with Crippen LogP contribution in [-0.4, -0.2) is 26.0 Å². The van der Waals surface area contributed by atoms with E-state index in [1.54, 1.807) is 36.4 Å². The summed E-state index contributed by atoms with van der Waals surface area (Å²) in [5.41, 5.74) is 6.32. The average Bonchev–Trinajstić information content (AvgIpc) is 2.54. The number of ether oxygens (including phenoxy) is 2. The Labute approximate surface area is 147 Å². The monoisotopic (exact) mass is 426 g/mol. The Bertz CT molecular complexity index is 762. The van der Waals surface area contributed by atoms with Gasteiger partial charge in [-0.1, -0.05) is 12.1 Å². The van der Waals surface area contributed by atoms with Crippen LogP contribution < -0.4 is 20.5 Å². The van der Waals surface area contributed by atoms with Crippen molar-refractivity contribution < 1.29 is 19.1 Å². The van der Waals surface area contributed by atoms with Crippen LogP contribution in [0.1, 0.15) is 20.7 Å². The van der Waals surface area contributed by atoms with E-state index in [0.717, 1.165) is 0 Å². The smallest absolute Gasteiger partial charge is 0.256 e. The van der Waals surface area contributed by atoms with Crippen LogP contribution in [0.5, 0.6) is 11.5 Å². The van der Waals surface area contributed by atoms with E-state index in [1.807, 2.05) is 22.6 Å². The van der Waals surface area contributed by atoms with Gasteiger partial charge in [-0.25, -0.2) is 0 Å². The molecule has 2 rings (SSSR count). The third-order valence-electron chi connectivity index (χ3n) is 3.16. The molecule has 23 heavy (non-hydrogen) atoms. The summed E-state index contributed by atoms with van der Waals surface area (Å²) in [7, 11) is 3.02. The number of rotatable bonds is 5. The number of nitrogens with two attached hydrogens (primary N) is 1. The molecule has 6 nitrogen and oxygen atoms in total. The normalized spacial score (nSPS) is 10.0. The summed E-state index contributed by atoms with van der Waals surface area (Å²) in [6.07, 6.45) is 0. The van der Waals surface area contributed by atoms with Crippen LogP contribution in [0.15, 0.2) is 36.4 Å². The Morgan fingerprint density at radius 3 is 2.26 bits per heavy atom. The Morgan fingerprint density at radius 2 is 1.65 bits per heavy atom. The molecule has 2 aromatic rings. The van der Waals surface area contributed by atoms with E-state index in [-0.39, 0.29) is 11.5 Å². The molecule has 0 aromatic heterocycles. The molecular weight excluding hydrogens is 411 g/mol. The van der Waals surface area contributed by atoms with Crippen LogP contribution in [0.4, 0.5) is 5.69 Å². The molecule has 0 radical (unpaired) electrons. The number of nitrogens with one attached hydrogen (secondary N) is 1. The lowest BCUT2D eigenvalue weighted by Gasteiger charge is -2.13. The molecule has 2 aromatic carbocycles. The number of carbonyl (C=O) groups is 2. The van der Waals surface area contributed by atoms with Gasteiger partial charge in [0.2, 0.25) is 0 Å². The zero-order valence-electron chi connectivity index (χ0n) is 12.6. The second-order valence-electron chi connectivity index (χ2n) is 4.55. The van der Waals surface area contributed by atoms with E-state index in [1.165, 1.54) is 14.2 Å². The Morgan fingerprint density at radius 1 is 1.04 bits per heavy atom. The van der Waals surface area contributed by atoms with Crippen molar-refractivity contribution in [3.05, 3.63) is 51.1 Å². The van der Waals surface area contributed by atoms with Gasteiger partial charge in [-0.3, -0.25) is 9.59 Å². The van der Waals surface area contributed by atoms with Gasteiger partial charge >= 0.3 is 0 Å². The number of anilines is 1. The van der Waals surface area contributed by atoms with Gasteiger partial charge in [0.25, 0.3) is 11.8 Å². The van der Waals surface area contributed by atoms with Gasteiger partial charge < -0.3 is 20.5 Å². The number of para-hydroxylation sites is 1. The van der Waals surface area contributed by atoms with Gasteiger partial charge in [-0.2, -0.15) is 0 Å². The first-order valence-corrected chi connectivity index (χ1v) is 7.67. The molecule has 2 amide bonds. The molecule has 0 aliphatic heterocycles. The quantitative estimate of drug-likeness (QED) is 0.720. The maximum Gasteiger partial charge on any atom is 0.256 e. The van der Waals surface area contributed by atoms with Gasteiger partial charge in [-0.05, 0) is 46.9 Å². The van der Waals surface area contributed by atoms with Crippen LogP contribution in [0.25, 0.3) is 0 Å². The second kappa shape index (κ2) is 7.32. The minimum Gasteiger partial charge on any atom is -0.493 e. The average molecular weight is 426 g/mol. The van der Waals surface area contributed by atoms with Gasteiger partial charge in [0.05, 0.1) is 31.0 Å². The SMILES string of the molecule is COc1cc(I)c(C(=O)Nc2ccccc2C(N)=O)cc1OC. The molecule has 0 aliphatic rings. The third kappa shape index (κ3) is 3.73. The van der Waals surface area contributed by atoms with Crippen molar-refractivity contribution >= 4 is 40.1 Å². The number of hydrogen-bond acceptors (Lipinski definition) is 4. The fourth-order valence-electron chi connectivity index (χ4n) is 2.02. The number of amides is 2. The summed E-state index contributed by atoms with van der Waals surface area (Å²) in [4.78, 5) is 23.9. The molecule has 0 heterocycles. The highest BCUT2D eigenvalue weighted by atomic mass is 127. The van der Waals surface area contributed by atoms with Crippen LogP contribution in [-0.2, 0) is 0 Å². The van der Waals surface area contributed by atoms with E-state index in [4.69, 9.17) is 15.2 Å². The largest absolute Gasteiger partial charge is 0.493 e. The van der Waals surface area contributed by atoms with E-state index < -0.39 is 5.91 Å². The molecular formula is C16H15IN2O4. The van der Waals surface area contributed by atoms with Gasteiger partial charge in [0.15, 0.2) is 11.5 Å². The van der Waals surface area contributed by atoms with Crippen LogP contribution in [0.2, 0.25) is 0 Å². The number of carbonyl (C=O) groups excluding carboxylic acids is 2. The van der Waals surface area contributed by atoms with E-state index in [0.29, 0.717) is 26.3 Å². The fourth-order valence-corrected chi connectivity index (χ4v) is 2.71. The first-order valence-electron chi connectivity index (χ1n) is 6.59. The topological polar surface area (TPSA) is 90.6 Å². The lowest BCUT2D eigenvalue weighted by Crippen LogP contribution is -2.19. The first kappa shape index (κ1) is 17.1. The predicted molar refractivity (Wildman–Crippen MR) is 95.2 cm³/mol. The highest BCUT2D eigenvalue weighted by Gasteiger charge is 2.17. The van der Waals surface area contributed by atoms with E-state index >= 15 is 0 Å². The summed E-state index contributed by atoms with van der Waals surface area (Å²) in [6, 6.07) is 9.85. The van der Waals surface area contributed by atoms with E-state index in [9.17, 15) is 9.59 Å². The van der Waals surface area contributed by atoms with Gasteiger partial charge in [0, 0.05) is 3.57 Å². The molecule has 0 saturated carbocycles. The molecule has 0 fully saturated rings. The van der Waals surface area contributed by atoms with Crippen molar-refractivity contribution in [2.75, 3.05) is 19.5 Å². The number of halogens is 1. The van der Waals surface area contributed by atoms with Crippen molar-refractivity contribution in [1.29, 1.82) is 0 Å². The summed E-state index contributed by atoms with van der Waals surface area (Å²) >= 11 is 2.03. The number of hydrogen-bond donors (Lipinski definition) is 2. The van der Waals surface area contributed by atoms with Crippen molar-refractivity contribution in [3.8, 4) is 11.5 Å². The van der Waals surface area contributed by atoms with E-state index in [2.05, 4.69) is 5.32 Å². The standard InChI is InChI=1S/C16H15IN2O4/c1-22-13-7-10(11(17)8-14(13)23-2)16(21)19-12-6-4-3-5-9(12)15(18)20/h3-8H,1-2H3,(H2,18,20)(H,19,21). The summed E-state index contributed by atoms with van der Waals surface area (Å²) < 4.78 is 11.1. The summed E-state index contributed by atoms with van der Waals surface area (Å²) in [6.45, 7) is 0. The Balaban J connectivity index is 2.37. The van der Waals surface area contributed by atoms with Gasteiger partial charge in [-0.15, -0.1) is 0 Å². The molecule has 7 heteroatoms. The Hall–Kier alpha value is -2.29. The fraction of sp³-hybridized carbons (Fsp3) is 0.125. The molecule has 3 N–H and O–H groups in total. The Kier molecular flexibility index (Phi) is 5.43. The zero-order chi connectivity index (χ0) is 17.0. The van der Waals surface area contributed by atoms with Crippen molar-refractivity contribution in [1.82, 2.24) is 0 Å². The predicted octanol–water partition coefficient (Wildman–Crippen LogP) is 2.66. The lowest BCUT2D eigenvalue weighted by atomic mass is 10.1. The first-order chi connectivity index (χ1) is 11.0. The zero-order valence-corrected chi connectivity index (χ0v) is 14.7. The van der Waals surface area contributed by atoms with Crippen molar-refractivity contribution in [2.45, 2.75) is 0 Å². The van der Waals surface area contributed by atoms with Crippen LogP contribution in [0, 0.1) is 3.57 Å². The summed E-state index contributed by atoms with van der Waals surface area (Å²) in [5.74, 6) is -0.000741. The summed E-state index contributed by atoms with van der Waals surface area (Å²) in [5, 5.41) is 2.70. The molecule has 0 spiro atoms. The molecule has 0 atom stereocenters. The highest BCUT2D eigenvalue weighted by Crippen LogP contribution is 2.31.